The van der Waals surface area contributed by atoms with Gasteiger partial charge in [-0.3, -0.25) is 14.4 Å². The summed E-state index contributed by atoms with van der Waals surface area (Å²) in [6.07, 6.45) is -7.92. The molecule has 0 aliphatic carbocycles. The number of benzene rings is 4. The van der Waals surface area contributed by atoms with Crippen LogP contribution in [-0.4, -0.2) is 66.3 Å². The average Bonchev–Trinajstić information content (AvgIpc) is 3.87. The molecule has 67 heavy (non-hydrogen) atoms. The van der Waals surface area contributed by atoms with E-state index in [4.69, 9.17) is 4.74 Å². The summed E-state index contributed by atoms with van der Waals surface area (Å²) in [7, 11) is 1.66. The highest BCUT2D eigenvalue weighted by Crippen LogP contribution is 2.28. The molecule has 6 rings (SSSR count). The van der Waals surface area contributed by atoms with Crippen LogP contribution in [-0.2, 0) is 27.5 Å². The summed E-state index contributed by atoms with van der Waals surface area (Å²) in [6, 6.07) is 28.9. The Balaban J connectivity index is 0.000000255. The number of urea groups is 1. The van der Waals surface area contributed by atoms with Gasteiger partial charge in [0.25, 0.3) is 0 Å². The number of para-hydroxylation sites is 2. The van der Waals surface area contributed by atoms with Crippen LogP contribution >= 0.6 is 22.7 Å². The zero-order valence-corrected chi connectivity index (χ0v) is 37.7. The van der Waals surface area contributed by atoms with Gasteiger partial charge in [0, 0.05) is 56.5 Å². The second kappa shape index (κ2) is 26.1. The number of nitrogens with one attached hydrogen (secondary N) is 3. The number of amides is 5. The Hall–Kier alpha value is -7.20. The maximum atomic E-state index is 12.4. The Morgan fingerprint density at radius 1 is 0.627 bits per heavy atom. The van der Waals surface area contributed by atoms with Crippen molar-refractivity contribution in [2.45, 2.75) is 52.5 Å². The lowest BCUT2D eigenvalue weighted by Crippen LogP contribution is -2.25. The third-order valence-electron chi connectivity index (χ3n) is 8.59. The number of carbonyl (C=O) groups excluding carboxylic acids is 4. The summed E-state index contributed by atoms with van der Waals surface area (Å²) >= 11 is 2.47. The summed E-state index contributed by atoms with van der Waals surface area (Å²) in [5.41, 5.74) is 3.26. The number of nitrogens with zero attached hydrogens (tertiary/aromatic N) is 4. The number of methoxy groups -OCH3 is 1. The Bertz CT molecular complexity index is 2630. The number of ether oxygens (including phenoxy) is 3. The van der Waals surface area contributed by atoms with E-state index in [-0.39, 0.29) is 23.3 Å². The fourth-order valence-electron chi connectivity index (χ4n) is 5.76. The maximum Gasteiger partial charge on any atom is 0.573 e. The van der Waals surface area contributed by atoms with Crippen molar-refractivity contribution < 1.29 is 59.7 Å². The number of hydrogen-bond donors (Lipinski definition) is 3. The van der Waals surface area contributed by atoms with E-state index >= 15 is 0 Å². The lowest BCUT2D eigenvalue weighted by molar-refractivity contribution is -0.275. The van der Waals surface area contributed by atoms with Crippen molar-refractivity contribution in [2.75, 3.05) is 25.5 Å². The van der Waals surface area contributed by atoms with Crippen molar-refractivity contribution in [1.29, 1.82) is 0 Å². The lowest BCUT2D eigenvalue weighted by atomic mass is 10.1. The molecule has 356 valence electrons. The first-order valence-corrected chi connectivity index (χ1v) is 21.8. The molecule has 0 atom stereocenters. The molecule has 6 aromatic rings. The molecule has 0 aliphatic heterocycles. The van der Waals surface area contributed by atoms with Crippen LogP contribution in [0.15, 0.2) is 130 Å². The van der Waals surface area contributed by atoms with Crippen molar-refractivity contribution in [3.05, 3.63) is 130 Å². The molecule has 14 nitrogen and oxygen atoms in total. The minimum Gasteiger partial charge on any atom is -0.497 e. The molecule has 4 aromatic carbocycles. The van der Waals surface area contributed by atoms with E-state index in [0.717, 1.165) is 5.75 Å². The molecule has 0 fully saturated rings. The summed E-state index contributed by atoms with van der Waals surface area (Å²) in [5, 5.41) is 11.6. The average molecular weight is 974 g/mol. The summed E-state index contributed by atoms with van der Waals surface area (Å²) in [4.78, 5) is 54.0. The Labute approximate surface area is 388 Å². The Morgan fingerprint density at radius 3 is 1.46 bits per heavy atom. The van der Waals surface area contributed by atoms with Gasteiger partial charge < -0.3 is 39.3 Å². The van der Waals surface area contributed by atoms with E-state index in [9.17, 15) is 45.5 Å². The molecule has 0 unspecified atom stereocenters. The predicted molar refractivity (Wildman–Crippen MR) is 241 cm³/mol. The van der Waals surface area contributed by atoms with Gasteiger partial charge >= 0.3 is 18.8 Å². The van der Waals surface area contributed by atoms with E-state index in [1.807, 2.05) is 36.4 Å². The van der Waals surface area contributed by atoms with Gasteiger partial charge in [0.2, 0.25) is 18.2 Å². The minimum atomic E-state index is -4.77. The number of rotatable bonds is 15. The van der Waals surface area contributed by atoms with E-state index in [1.165, 1.54) is 85.1 Å². The summed E-state index contributed by atoms with van der Waals surface area (Å²) in [6.45, 7) is 4.62. The number of alkyl halides is 6. The molecule has 22 heteroatoms. The number of halogens is 6. The fraction of sp³-hybridized carbons (Fsp3) is 0.244. The smallest absolute Gasteiger partial charge is 0.497 e. The van der Waals surface area contributed by atoms with Gasteiger partial charge in [-0.25, -0.2) is 4.79 Å². The van der Waals surface area contributed by atoms with Gasteiger partial charge in [0.1, 0.15) is 17.2 Å². The van der Waals surface area contributed by atoms with Gasteiger partial charge in [0.15, 0.2) is 9.60 Å². The molecule has 0 aliphatic rings. The molecule has 0 saturated heterocycles. The minimum absolute atomic E-state index is 0.140. The van der Waals surface area contributed by atoms with Gasteiger partial charge in [-0.05, 0) is 96.8 Å². The van der Waals surface area contributed by atoms with Gasteiger partial charge in [0.05, 0.1) is 18.5 Å². The van der Waals surface area contributed by atoms with Crippen LogP contribution in [0.3, 0.4) is 0 Å². The van der Waals surface area contributed by atoms with Crippen LogP contribution in [0, 0.1) is 0 Å². The molecule has 2 aromatic heterocycles. The zero-order valence-electron chi connectivity index (χ0n) is 36.1. The number of carbonyl (C=O) groups is 4. The van der Waals surface area contributed by atoms with Gasteiger partial charge in [-0.15, -0.1) is 49.0 Å². The Morgan fingerprint density at radius 2 is 1.06 bits per heavy atom. The van der Waals surface area contributed by atoms with Crippen LogP contribution < -0.4 is 39.8 Å². The molecule has 0 radical (unpaired) electrons. The number of anilines is 1. The molecular formula is C45H45F6N7O7S2. The van der Waals surface area contributed by atoms with Crippen molar-refractivity contribution in [1.82, 2.24) is 19.8 Å². The van der Waals surface area contributed by atoms with Crippen LogP contribution in [0.2, 0.25) is 0 Å². The highest BCUT2D eigenvalue weighted by molar-refractivity contribution is 7.07. The molecule has 5 amide bonds. The normalized spacial score (nSPS) is 11.5. The third kappa shape index (κ3) is 19.0. The number of thiazole rings is 2. The topological polar surface area (TPSA) is 167 Å². The van der Waals surface area contributed by atoms with Crippen LogP contribution in [0.5, 0.6) is 17.2 Å². The van der Waals surface area contributed by atoms with Gasteiger partial charge in [-0.2, -0.15) is 9.98 Å². The second-order valence-corrected chi connectivity index (χ2v) is 15.3. The highest BCUT2D eigenvalue weighted by Gasteiger charge is 2.31. The van der Waals surface area contributed by atoms with Crippen LogP contribution in [0.1, 0.15) is 26.7 Å². The number of hydrogen-bond acceptors (Lipinski definition) is 9. The molecule has 0 bridgehead atoms. The van der Waals surface area contributed by atoms with Crippen LogP contribution in [0.25, 0.3) is 22.5 Å². The molecular weight excluding hydrogens is 929 g/mol. The predicted octanol–water partition coefficient (Wildman–Crippen LogP) is 9.17. The van der Waals surface area contributed by atoms with Crippen LogP contribution in [0.4, 0.5) is 36.8 Å². The van der Waals surface area contributed by atoms with E-state index < -0.39 is 18.8 Å². The summed E-state index contributed by atoms with van der Waals surface area (Å²) < 4.78 is 90.3. The monoisotopic (exact) mass is 973 g/mol. The standard InChI is InChI=1S/C22H21F3N4O3S.C16H16F3N3O3S.C7H8O/c1-15(30)26-12-5-13-29-19(16-8-10-18(11-9-16)32-22(23,24)25)14-33-21(29)28-20(31)27-17-6-3-2-4-7-17;1-11(24)20-7-2-8-22-14(9-26-15(22)21-10-23)12-3-5-13(6-4-12)25-16(17,18)19;1-8-7-5-3-2-4-6-7/h2-4,6-11,14H,5,12-13H2,1H3,(H,26,30)(H,27,31);3-6,9-10H,2,7-8H2,1H3,(H,20,24);2-6H,1H3. The van der Waals surface area contributed by atoms with Crippen molar-refractivity contribution in [3.63, 3.8) is 0 Å². The number of aromatic nitrogens is 2. The summed E-state index contributed by atoms with van der Waals surface area (Å²) in [5.74, 6) is -0.0265. The fourth-order valence-corrected chi connectivity index (χ4v) is 7.60. The highest BCUT2D eigenvalue weighted by atomic mass is 32.1. The zero-order chi connectivity index (χ0) is 48.8. The lowest BCUT2D eigenvalue weighted by Gasteiger charge is -2.11. The maximum absolute atomic E-state index is 12.4. The van der Waals surface area contributed by atoms with E-state index in [1.54, 1.807) is 51.3 Å². The molecule has 2 heterocycles. The first-order chi connectivity index (χ1) is 31.9. The van der Waals surface area contributed by atoms with Gasteiger partial charge in [-0.1, -0.05) is 36.4 Å². The Kier molecular flexibility index (Phi) is 20.4. The van der Waals surface area contributed by atoms with Crippen molar-refractivity contribution in [2.24, 2.45) is 9.98 Å². The first-order valence-electron chi connectivity index (χ1n) is 20.0. The molecule has 0 spiro atoms. The quantitative estimate of drug-likeness (QED) is 0.0524. The largest absolute Gasteiger partial charge is 0.573 e. The molecule has 3 N–H and O–H groups in total. The van der Waals surface area contributed by atoms with Crippen molar-refractivity contribution in [3.8, 4) is 39.8 Å². The third-order valence-corrected chi connectivity index (χ3v) is 10.3. The second-order valence-electron chi connectivity index (χ2n) is 13.6. The SMILES string of the molecule is CC(=O)NCCCn1c(-c2ccc(OC(F)(F)F)cc2)csc1=NC(=O)Nc1ccccc1.CC(=O)NCCCn1c(-c2ccc(OC(F)(F)F)cc2)csc1=NC=O.COc1ccccc1. The van der Waals surface area contributed by atoms with Crippen molar-refractivity contribution >= 4 is 52.6 Å². The first kappa shape index (κ1) is 52.4. The van der Waals surface area contributed by atoms with E-state index in [0.29, 0.717) is 83.2 Å². The van der Waals surface area contributed by atoms with E-state index in [2.05, 4.69) is 35.4 Å². The molecule has 0 saturated carbocycles.